The number of benzene rings is 2. The molecule has 2 aromatic carbocycles. The van der Waals surface area contributed by atoms with Crippen LogP contribution in [0.15, 0.2) is 47.4 Å². The van der Waals surface area contributed by atoms with Crippen molar-refractivity contribution in [3.05, 3.63) is 53.8 Å². The van der Waals surface area contributed by atoms with Crippen molar-refractivity contribution in [2.45, 2.75) is 50.7 Å². The lowest BCUT2D eigenvalue weighted by Crippen LogP contribution is -2.50. The van der Waals surface area contributed by atoms with Gasteiger partial charge in [-0.2, -0.15) is 4.31 Å². The molecule has 2 aromatic rings. The molecular weight excluding hydrogens is 497 g/mol. The van der Waals surface area contributed by atoms with E-state index in [0.717, 1.165) is 6.42 Å². The number of urea groups is 1. The number of amides is 2. The van der Waals surface area contributed by atoms with Gasteiger partial charge in [0, 0.05) is 37.5 Å². The second-order valence-corrected chi connectivity index (χ2v) is 11.1. The van der Waals surface area contributed by atoms with E-state index in [4.69, 9.17) is 4.74 Å². The third-order valence-corrected chi connectivity index (χ3v) is 8.21. The summed E-state index contributed by atoms with van der Waals surface area (Å²) in [5, 5.41) is 12.3. The zero-order valence-electron chi connectivity index (χ0n) is 21.6. The van der Waals surface area contributed by atoms with Gasteiger partial charge >= 0.3 is 6.03 Å². The van der Waals surface area contributed by atoms with Gasteiger partial charge in [0.25, 0.3) is 0 Å². The highest BCUT2D eigenvalue weighted by Gasteiger charge is 2.38. The van der Waals surface area contributed by atoms with Gasteiger partial charge in [-0.1, -0.05) is 37.8 Å². The second kappa shape index (κ2) is 12.4. The number of likely N-dealkylation sites (N-methyl/N-ethyl adjacent to an activating group) is 1. The molecule has 0 radical (unpaired) electrons. The largest absolute Gasteiger partial charge is 0.487 e. The van der Waals surface area contributed by atoms with Crippen LogP contribution in [0.5, 0.6) is 5.75 Å². The van der Waals surface area contributed by atoms with E-state index in [2.05, 4.69) is 17.2 Å². The van der Waals surface area contributed by atoms with Crippen molar-refractivity contribution in [1.82, 2.24) is 9.21 Å². The van der Waals surface area contributed by atoms with E-state index in [-0.39, 0.29) is 41.9 Å². The summed E-state index contributed by atoms with van der Waals surface area (Å²) in [5.41, 5.74) is 0.669. The molecule has 2 amide bonds. The van der Waals surface area contributed by atoms with E-state index in [1.165, 1.54) is 33.5 Å². The average molecular weight is 532 g/mol. The van der Waals surface area contributed by atoms with Crippen molar-refractivity contribution in [2.75, 3.05) is 32.1 Å². The summed E-state index contributed by atoms with van der Waals surface area (Å²) in [6, 6.07) is 9.38. The number of hydrogen-bond acceptors (Lipinski definition) is 5. The minimum absolute atomic E-state index is 0.0239. The summed E-state index contributed by atoms with van der Waals surface area (Å²) in [6.45, 7) is 5.32. The summed E-state index contributed by atoms with van der Waals surface area (Å²) < 4.78 is 48.7. The number of fused-ring (bicyclic) bond motifs is 1. The molecule has 0 unspecified atom stereocenters. The molecule has 8 nitrogen and oxygen atoms in total. The van der Waals surface area contributed by atoms with E-state index < -0.39 is 34.0 Å². The highest BCUT2D eigenvalue weighted by molar-refractivity contribution is 7.89. The van der Waals surface area contributed by atoms with Gasteiger partial charge in [0.15, 0.2) is 0 Å². The van der Waals surface area contributed by atoms with E-state index in [1.54, 1.807) is 32.2 Å². The molecule has 0 saturated carbocycles. The minimum atomic E-state index is -3.98. The Hall–Kier alpha value is -3.13. The van der Waals surface area contributed by atoms with Crippen LogP contribution >= 0.6 is 0 Å². The van der Waals surface area contributed by atoms with Crippen LogP contribution in [0.25, 0.3) is 0 Å². The number of rotatable bonds is 6. The van der Waals surface area contributed by atoms with Crippen LogP contribution < -0.4 is 10.1 Å². The Labute approximate surface area is 218 Å². The van der Waals surface area contributed by atoms with Gasteiger partial charge in [0.1, 0.15) is 22.6 Å². The number of hydrogen-bond donors (Lipinski definition) is 2. The second-order valence-electron chi connectivity index (χ2n) is 9.24. The maximum absolute atomic E-state index is 14.0. The molecule has 10 heteroatoms. The van der Waals surface area contributed by atoms with Gasteiger partial charge in [-0.25, -0.2) is 17.6 Å². The van der Waals surface area contributed by atoms with E-state index in [1.807, 2.05) is 13.8 Å². The lowest BCUT2D eigenvalue weighted by atomic mass is 10.0. The number of para-hydroxylation sites is 1. The van der Waals surface area contributed by atoms with Crippen LogP contribution in [0, 0.1) is 23.6 Å². The molecule has 2 N–H and O–H groups in total. The molecule has 3 atom stereocenters. The Morgan fingerprint density at radius 1 is 1.32 bits per heavy atom. The number of anilines is 1. The molecular formula is C27H34FN3O5S. The van der Waals surface area contributed by atoms with Crippen LogP contribution in [0.3, 0.4) is 0 Å². The van der Waals surface area contributed by atoms with Crippen LogP contribution in [0.4, 0.5) is 14.9 Å². The Kier molecular flexibility index (Phi) is 9.54. The van der Waals surface area contributed by atoms with Crippen LogP contribution in [0.2, 0.25) is 0 Å². The highest BCUT2D eigenvalue weighted by Crippen LogP contribution is 2.34. The Morgan fingerprint density at radius 2 is 2.05 bits per heavy atom. The van der Waals surface area contributed by atoms with Crippen molar-refractivity contribution < 1.29 is 27.4 Å². The van der Waals surface area contributed by atoms with Gasteiger partial charge in [-0.05, 0) is 43.7 Å². The fourth-order valence-electron chi connectivity index (χ4n) is 3.94. The summed E-state index contributed by atoms with van der Waals surface area (Å²) in [7, 11) is -2.42. The Bertz CT molecular complexity index is 1270. The number of unbranched alkanes of at least 4 members (excludes halogenated alkanes) is 1. The number of aliphatic hydroxyl groups is 1. The SMILES string of the molecule is CCCC#Cc1ccc2c(c1)O[C@@H](CN(C)C(=O)Nc1ccccc1F)[C@@H](C)CN([C@@H](C)CO)S2(=O)=O. The number of ether oxygens (including phenoxy) is 1. The maximum Gasteiger partial charge on any atom is 0.321 e. The molecule has 0 saturated heterocycles. The Morgan fingerprint density at radius 3 is 2.73 bits per heavy atom. The lowest BCUT2D eigenvalue weighted by molar-refractivity contribution is 0.0830. The predicted molar refractivity (Wildman–Crippen MR) is 140 cm³/mol. The topological polar surface area (TPSA) is 99.2 Å². The zero-order valence-corrected chi connectivity index (χ0v) is 22.4. The number of carbonyl (C=O) groups is 1. The predicted octanol–water partition coefficient (Wildman–Crippen LogP) is 3.91. The molecule has 1 aliphatic heterocycles. The minimum Gasteiger partial charge on any atom is -0.487 e. The standard InChI is InChI=1S/C27H34FN3O5S/c1-5-6-7-10-21-13-14-26-24(15-21)36-25(19(2)16-31(20(3)18-32)37(26,34)35)17-30(4)27(33)29-23-12-9-8-11-22(23)28/h8-9,11-15,19-20,25,32H,5-6,16-18H2,1-4H3,(H,29,33)/t19-,20-,25-/m0/s1. The van der Waals surface area contributed by atoms with Gasteiger partial charge in [-0.15, -0.1) is 0 Å². The van der Waals surface area contributed by atoms with E-state index in [0.29, 0.717) is 12.0 Å². The quantitative estimate of drug-likeness (QED) is 0.551. The smallest absolute Gasteiger partial charge is 0.321 e. The van der Waals surface area contributed by atoms with Crippen LogP contribution in [-0.4, -0.2) is 67.7 Å². The fraction of sp³-hybridized carbons (Fsp3) is 0.444. The van der Waals surface area contributed by atoms with E-state index >= 15 is 0 Å². The number of sulfonamides is 1. The van der Waals surface area contributed by atoms with Gasteiger partial charge < -0.3 is 20.1 Å². The molecule has 3 rings (SSSR count). The monoisotopic (exact) mass is 531 g/mol. The van der Waals surface area contributed by atoms with Crippen molar-refractivity contribution in [1.29, 1.82) is 0 Å². The molecule has 0 aliphatic carbocycles. The highest BCUT2D eigenvalue weighted by atomic mass is 32.2. The van der Waals surface area contributed by atoms with Gasteiger partial charge in [0.05, 0.1) is 18.8 Å². The number of aliphatic hydroxyl groups excluding tert-OH is 1. The molecule has 0 spiro atoms. The third kappa shape index (κ3) is 6.80. The number of nitrogens with zero attached hydrogens (tertiary/aromatic N) is 2. The summed E-state index contributed by atoms with van der Waals surface area (Å²) in [4.78, 5) is 14.1. The van der Waals surface area contributed by atoms with Crippen molar-refractivity contribution in [2.24, 2.45) is 5.92 Å². The number of carbonyl (C=O) groups excluding carboxylic acids is 1. The molecule has 200 valence electrons. The molecule has 0 bridgehead atoms. The first-order valence-corrected chi connectivity index (χ1v) is 13.7. The van der Waals surface area contributed by atoms with Crippen LogP contribution in [-0.2, 0) is 10.0 Å². The maximum atomic E-state index is 14.0. The van der Waals surface area contributed by atoms with Crippen molar-refractivity contribution >= 4 is 21.7 Å². The third-order valence-electron chi connectivity index (χ3n) is 6.19. The van der Waals surface area contributed by atoms with E-state index in [9.17, 15) is 22.7 Å². The van der Waals surface area contributed by atoms with Gasteiger partial charge in [0.2, 0.25) is 10.0 Å². The first kappa shape index (κ1) is 28.4. The average Bonchev–Trinajstić information content (AvgIpc) is 2.87. The summed E-state index contributed by atoms with van der Waals surface area (Å²) >= 11 is 0. The molecule has 1 heterocycles. The summed E-state index contributed by atoms with van der Waals surface area (Å²) in [5.74, 6) is 5.31. The normalized spacial score (nSPS) is 19.7. The fourth-order valence-corrected chi connectivity index (χ4v) is 5.76. The molecule has 37 heavy (non-hydrogen) atoms. The first-order chi connectivity index (χ1) is 17.6. The first-order valence-electron chi connectivity index (χ1n) is 12.3. The van der Waals surface area contributed by atoms with Crippen molar-refractivity contribution in [3.63, 3.8) is 0 Å². The molecule has 0 aromatic heterocycles. The van der Waals surface area contributed by atoms with Crippen LogP contribution in [0.1, 0.15) is 39.2 Å². The zero-order chi connectivity index (χ0) is 27.2. The molecule has 1 aliphatic rings. The Balaban J connectivity index is 1.95. The molecule has 0 fully saturated rings. The number of nitrogens with one attached hydrogen (secondary N) is 1. The summed E-state index contributed by atoms with van der Waals surface area (Å²) in [6.07, 6.45) is 1.01. The lowest BCUT2D eigenvalue weighted by Gasteiger charge is -2.37. The van der Waals surface area contributed by atoms with Gasteiger partial charge in [-0.3, -0.25) is 0 Å². The number of halogens is 1. The van der Waals surface area contributed by atoms with Crippen molar-refractivity contribution in [3.8, 4) is 17.6 Å².